The predicted molar refractivity (Wildman–Crippen MR) is 93.0 cm³/mol. The third-order valence-electron chi connectivity index (χ3n) is 4.77. The lowest BCUT2D eigenvalue weighted by Gasteiger charge is -2.36. The van der Waals surface area contributed by atoms with Crippen LogP contribution in [0.4, 0.5) is 4.39 Å². The highest BCUT2D eigenvalue weighted by Crippen LogP contribution is 2.36. The van der Waals surface area contributed by atoms with Gasteiger partial charge in [0.2, 0.25) is 5.91 Å². The standard InChI is InChI=1S/C20H22FNO3/c1-24-18-7-5-16(6-8-18)20(9-11-25-12-10-20)19(23)22-14-15-3-2-4-17(21)13-15/h2-8,13H,9-12,14H2,1H3,(H,22,23). The molecule has 0 saturated carbocycles. The number of carbonyl (C=O) groups excluding carboxylic acids is 1. The molecule has 0 aliphatic carbocycles. The summed E-state index contributed by atoms with van der Waals surface area (Å²) in [6.45, 7) is 1.38. The lowest BCUT2D eigenvalue weighted by atomic mass is 9.73. The minimum Gasteiger partial charge on any atom is -0.497 e. The molecule has 0 atom stereocenters. The van der Waals surface area contributed by atoms with Crippen LogP contribution in [-0.2, 0) is 21.5 Å². The Morgan fingerprint density at radius 3 is 2.56 bits per heavy atom. The number of halogens is 1. The van der Waals surface area contributed by atoms with Gasteiger partial charge in [-0.1, -0.05) is 24.3 Å². The van der Waals surface area contributed by atoms with Gasteiger partial charge in [-0.3, -0.25) is 4.79 Å². The summed E-state index contributed by atoms with van der Waals surface area (Å²) in [5, 5.41) is 2.97. The third-order valence-corrected chi connectivity index (χ3v) is 4.77. The summed E-state index contributed by atoms with van der Waals surface area (Å²) < 4.78 is 24.0. The number of hydrogen-bond acceptors (Lipinski definition) is 3. The van der Waals surface area contributed by atoms with Crippen LogP contribution in [0.1, 0.15) is 24.0 Å². The summed E-state index contributed by atoms with van der Waals surface area (Å²) in [7, 11) is 1.62. The Balaban J connectivity index is 1.80. The molecule has 1 aliphatic rings. The third kappa shape index (κ3) is 3.82. The molecular formula is C20H22FNO3. The molecule has 5 heteroatoms. The summed E-state index contributed by atoms with van der Waals surface area (Å²) in [6.07, 6.45) is 1.24. The molecule has 0 spiro atoms. The molecule has 1 fully saturated rings. The summed E-state index contributed by atoms with van der Waals surface area (Å²) >= 11 is 0. The fourth-order valence-corrected chi connectivity index (χ4v) is 3.28. The molecule has 1 saturated heterocycles. The summed E-state index contributed by atoms with van der Waals surface area (Å²) in [5.41, 5.74) is 1.07. The van der Waals surface area contributed by atoms with Gasteiger partial charge in [0.1, 0.15) is 11.6 Å². The van der Waals surface area contributed by atoms with E-state index in [-0.39, 0.29) is 11.7 Å². The Kier molecular flexibility index (Phi) is 5.34. The maximum absolute atomic E-state index is 13.3. The summed E-state index contributed by atoms with van der Waals surface area (Å²) in [6, 6.07) is 13.9. The first-order valence-corrected chi connectivity index (χ1v) is 8.39. The maximum Gasteiger partial charge on any atom is 0.231 e. The van der Waals surface area contributed by atoms with Gasteiger partial charge >= 0.3 is 0 Å². The van der Waals surface area contributed by atoms with Crippen LogP contribution in [0.25, 0.3) is 0 Å². The topological polar surface area (TPSA) is 47.6 Å². The number of benzene rings is 2. The second-order valence-corrected chi connectivity index (χ2v) is 6.24. The fraction of sp³-hybridized carbons (Fsp3) is 0.350. The first-order chi connectivity index (χ1) is 12.1. The van der Waals surface area contributed by atoms with E-state index in [1.807, 2.05) is 24.3 Å². The van der Waals surface area contributed by atoms with Crippen molar-refractivity contribution >= 4 is 5.91 Å². The molecule has 2 aromatic carbocycles. The van der Waals surface area contributed by atoms with E-state index in [4.69, 9.17) is 9.47 Å². The van der Waals surface area contributed by atoms with Gasteiger partial charge in [0.05, 0.1) is 12.5 Å². The van der Waals surface area contributed by atoms with E-state index in [2.05, 4.69) is 5.32 Å². The van der Waals surface area contributed by atoms with E-state index in [1.54, 1.807) is 19.2 Å². The number of methoxy groups -OCH3 is 1. The minimum absolute atomic E-state index is 0.0507. The van der Waals surface area contributed by atoms with Crippen LogP contribution >= 0.6 is 0 Å². The largest absolute Gasteiger partial charge is 0.497 e. The van der Waals surface area contributed by atoms with Crippen molar-refractivity contribution in [3.63, 3.8) is 0 Å². The molecule has 1 N–H and O–H groups in total. The Morgan fingerprint density at radius 2 is 1.92 bits per heavy atom. The lowest BCUT2D eigenvalue weighted by Crippen LogP contribution is -2.47. The van der Waals surface area contributed by atoms with Gasteiger partial charge < -0.3 is 14.8 Å². The van der Waals surface area contributed by atoms with E-state index >= 15 is 0 Å². The van der Waals surface area contributed by atoms with E-state index in [9.17, 15) is 9.18 Å². The van der Waals surface area contributed by atoms with Crippen molar-refractivity contribution in [2.24, 2.45) is 0 Å². The van der Waals surface area contributed by atoms with Gasteiger partial charge in [-0.05, 0) is 48.2 Å². The summed E-state index contributed by atoms with van der Waals surface area (Å²) in [4.78, 5) is 13.0. The van der Waals surface area contributed by atoms with Crippen LogP contribution in [0.5, 0.6) is 5.75 Å². The Labute approximate surface area is 147 Å². The smallest absolute Gasteiger partial charge is 0.231 e. The molecule has 1 heterocycles. The minimum atomic E-state index is -0.627. The average Bonchev–Trinajstić information content (AvgIpc) is 2.67. The van der Waals surface area contributed by atoms with E-state index in [1.165, 1.54) is 12.1 Å². The van der Waals surface area contributed by atoms with Gasteiger partial charge in [-0.25, -0.2) is 4.39 Å². The highest BCUT2D eigenvalue weighted by molar-refractivity contribution is 5.88. The second-order valence-electron chi connectivity index (χ2n) is 6.24. The molecule has 0 radical (unpaired) electrons. The quantitative estimate of drug-likeness (QED) is 0.907. The number of ether oxygens (including phenoxy) is 2. The average molecular weight is 343 g/mol. The zero-order valence-corrected chi connectivity index (χ0v) is 14.3. The van der Waals surface area contributed by atoms with Gasteiger partial charge in [0.25, 0.3) is 0 Å². The number of amides is 1. The van der Waals surface area contributed by atoms with Crippen LogP contribution in [0.2, 0.25) is 0 Å². The van der Waals surface area contributed by atoms with Crippen molar-refractivity contribution in [1.29, 1.82) is 0 Å². The Hall–Kier alpha value is -2.40. The van der Waals surface area contributed by atoms with Crippen molar-refractivity contribution in [2.75, 3.05) is 20.3 Å². The van der Waals surface area contributed by atoms with Crippen LogP contribution in [0.15, 0.2) is 48.5 Å². The highest BCUT2D eigenvalue weighted by Gasteiger charge is 2.41. The van der Waals surface area contributed by atoms with E-state index in [0.717, 1.165) is 16.9 Å². The van der Waals surface area contributed by atoms with Crippen molar-refractivity contribution in [3.8, 4) is 5.75 Å². The molecule has 0 unspecified atom stereocenters. The van der Waals surface area contributed by atoms with Gasteiger partial charge in [-0.2, -0.15) is 0 Å². The van der Waals surface area contributed by atoms with E-state index < -0.39 is 5.41 Å². The van der Waals surface area contributed by atoms with Crippen LogP contribution in [0, 0.1) is 5.82 Å². The molecule has 1 aliphatic heterocycles. The number of carbonyl (C=O) groups is 1. The van der Waals surface area contributed by atoms with Crippen molar-refractivity contribution < 1.29 is 18.7 Å². The second kappa shape index (κ2) is 7.66. The molecule has 4 nitrogen and oxygen atoms in total. The number of hydrogen-bond donors (Lipinski definition) is 1. The molecule has 1 amide bonds. The van der Waals surface area contributed by atoms with Crippen LogP contribution in [-0.4, -0.2) is 26.2 Å². The Morgan fingerprint density at radius 1 is 1.20 bits per heavy atom. The lowest BCUT2D eigenvalue weighted by molar-refractivity contribution is -0.130. The highest BCUT2D eigenvalue weighted by atomic mass is 19.1. The van der Waals surface area contributed by atoms with Crippen LogP contribution < -0.4 is 10.1 Å². The van der Waals surface area contributed by atoms with E-state index in [0.29, 0.717) is 32.6 Å². The normalized spacial score (nSPS) is 16.2. The van der Waals surface area contributed by atoms with Crippen LogP contribution in [0.3, 0.4) is 0 Å². The maximum atomic E-state index is 13.3. The van der Waals surface area contributed by atoms with Gasteiger partial charge in [0.15, 0.2) is 0 Å². The number of rotatable bonds is 5. The zero-order chi connectivity index (χ0) is 17.7. The molecule has 132 valence electrons. The number of nitrogens with one attached hydrogen (secondary N) is 1. The monoisotopic (exact) mass is 343 g/mol. The Bertz CT molecular complexity index is 724. The van der Waals surface area contributed by atoms with Crippen molar-refractivity contribution in [2.45, 2.75) is 24.8 Å². The molecule has 0 aromatic heterocycles. The first kappa shape index (κ1) is 17.4. The molecule has 3 rings (SSSR count). The SMILES string of the molecule is COc1ccc(C2(C(=O)NCc3cccc(F)c3)CCOCC2)cc1. The zero-order valence-electron chi connectivity index (χ0n) is 14.3. The molecule has 2 aromatic rings. The summed E-state index contributed by atoms with van der Waals surface area (Å²) in [5.74, 6) is 0.402. The van der Waals surface area contributed by atoms with Crippen molar-refractivity contribution in [3.05, 3.63) is 65.5 Å². The van der Waals surface area contributed by atoms with Gasteiger partial charge in [0, 0.05) is 19.8 Å². The molecule has 25 heavy (non-hydrogen) atoms. The molecule has 0 bridgehead atoms. The van der Waals surface area contributed by atoms with Crippen molar-refractivity contribution in [1.82, 2.24) is 5.32 Å². The van der Waals surface area contributed by atoms with Gasteiger partial charge in [-0.15, -0.1) is 0 Å². The first-order valence-electron chi connectivity index (χ1n) is 8.39. The predicted octanol–water partition coefficient (Wildman–Crippen LogP) is 3.20. The molecular weight excluding hydrogens is 321 g/mol. The fourth-order valence-electron chi connectivity index (χ4n) is 3.28.